The van der Waals surface area contributed by atoms with Crippen molar-refractivity contribution in [3.05, 3.63) is 24.3 Å². The van der Waals surface area contributed by atoms with E-state index < -0.39 is 0 Å². The lowest BCUT2D eigenvalue weighted by atomic mass is 10.2. The molecule has 0 saturated heterocycles. The molecule has 0 radical (unpaired) electrons. The van der Waals surface area contributed by atoms with Crippen LogP contribution < -0.4 is 5.32 Å². The number of rotatable bonds is 3. The number of H-pyrrole nitrogens is 1. The first-order valence-electron chi connectivity index (χ1n) is 6.27. The second kappa shape index (κ2) is 4.38. The average molecular weight is 257 g/mol. The van der Waals surface area contributed by atoms with Gasteiger partial charge in [0.15, 0.2) is 0 Å². The van der Waals surface area contributed by atoms with E-state index in [4.69, 9.17) is 0 Å². The zero-order valence-corrected chi connectivity index (χ0v) is 10.9. The molecule has 0 spiro atoms. The summed E-state index contributed by atoms with van der Waals surface area (Å²) in [5.74, 6) is -0.0898. The van der Waals surface area contributed by atoms with Crippen molar-refractivity contribution in [3.8, 4) is 0 Å². The van der Waals surface area contributed by atoms with Crippen LogP contribution in [0.25, 0.3) is 22.1 Å². The molecule has 1 amide bonds. The van der Waals surface area contributed by atoms with Crippen LogP contribution in [0, 0.1) is 0 Å². The number of fused-ring (bicyclic) bond motifs is 3. The van der Waals surface area contributed by atoms with Gasteiger partial charge in [0.05, 0.1) is 29.0 Å². The van der Waals surface area contributed by atoms with Gasteiger partial charge >= 0.3 is 0 Å². The molecule has 98 valence electrons. The molecule has 0 aliphatic rings. The number of nitrogens with zero attached hydrogens (tertiary/aromatic N) is 3. The van der Waals surface area contributed by atoms with E-state index in [9.17, 15) is 4.79 Å². The number of imidazole rings is 1. The maximum Gasteiger partial charge on any atom is 0.253 e. The second-order valence-corrected chi connectivity index (χ2v) is 4.53. The monoisotopic (exact) mass is 257 g/mol. The maximum atomic E-state index is 12.1. The third-order valence-corrected chi connectivity index (χ3v) is 3.17. The molecule has 0 aliphatic heterocycles. The van der Waals surface area contributed by atoms with Gasteiger partial charge in [-0.1, -0.05) is 6.92 Å². The number of pyridine rings is 1. The molecule has 3 rings (SSSR count). The van der Waals surface area contributed by atoms with Gasteiger partial charge in [-0.05, 0) is 6.42 Å². The van der Waals surface area contributed by atoms with Crippen LogP contribution in [0.2, 0.25) is 0 Å². The number of nitrogens with one attached hydrogen (secondary N) is 2. The van der Waals surface area contributed by atoms with Crippen LogP contribution in [-0.2, 0) is 7.05 Å². The highest BCUT2D eigenvalue weighted by Crippen LogP contribution is 2.24. The highest BCUT2D eigenvalue weighted by molar-refractivity contribution is 6.14. The predicted molar refractivity (Wildman–Crippen MR) is 73.0 cm³/mol. The number of carbonyl (C=O) groups is 1. The topological polar surface area (TPSA) is 75.6 Å². The lowest BCUT2D eigenvalue weighted by Gasteiger charge is -2.02. The molecule has 6 nitrogen and oxygen atoms in total. The molecule has 0 saturated carbocycles. The fourth-order valence-corrected chi connectivity index (χ4v) is 2.18. The minimum Gasteiger partial charge on any atom is -0.352 e. The molecule has 0 aromatic carbocycles. The van der Waals surface area contributed by atoms with Crippen molar-refractivity contribution in [2.24, 2.45) is 7.05 Å². The third-order valence-electron chi connectivity index (χ3n) is 3.17. The molecule has 2 N–H and O–H groups in total. The summed E-state index contributed by atoms with van der Waals surface area (Å²) in [5.41, 5.74) is 3.00. The lowest BCUT2D eigenvalue weighted by molar-refractivity contribution is 0.0955. The molecule has 3 aromatic heterocycles. The normalized spacial score (nSPS) is 11.3. The molecule has 19 heavy (non-hydrogen) atoms. The number of hydrogen-bond donors (Lipinski definition) is 2. The number of aryl methyl sites for hydroxylation is 1. The molecule has 0 aliphatic carbocycles. The van der Waals surface area contributed by atoms with Gasteiger partial charge in [-0.15, -0.1) is 0 Å². The highest BCUT2D eigenvalue weighted by atomic mass is 16.1. The van der Waals surface area contributed by atoms with Crippen molar-refractivity contribution < 1.29 is 4.79 Å². The van der Waals surface area contributed by atoms with E-state index in [0.717, 1.165) is 22.8 Å². The summed E-state index contributed by atoms with van der Waals surface area (Å²) < 4.78 is 1.89. The molecule has 3 aromatic rings. The van der Waals surface area contributed by atoms with Gasteiger partial charge in [0, 0.05) is 19.8 Å². The summed E-state index contributed by atoms with van der Waals surface area (Å²) in [6.45, 7) is 2.69. The summed E-state index contributed by atoms with van der Waals surface area (Å²) in [7, 11) is 1.91. The van der Waals surface area contributed by atoms with Crippen molar-refractivity contribution in [3.63, 3.8) is 0 Å². The fraction of sp³-hybridized carbons (Fsp3) is 0.308. The third kappa shape index (κ3) is 1.76. The first kappa shape index (κ1) is 11.7. The Hall–Kier alpha value is -2.37. The van der Waals surface area contributed by atoms with Gasteiger partial charge < -0.3 is 14.9 Å². The summed E-state index contributed by atoms with van der Waals surface area (Å²) in [4.78, 5) is 23.9. The Kier molecular flexibility index (Phi) is 2.70. The molecule has 0 atom stereocenters. The Balaban J connectivity index is 2.20. The van der Waals surface area contributed by atoms with Crippen molar-refractivity contribution >= 4 is 28.0 Å². The molecule has 6 heteroatoms. The molecular weight excluding hydrogens is 242 g/mol. The number of amides is 1. The van der Waals surface area contributed by atoms with E-state index in [1.807, 2.05) is 18.5 Å². The second-order valence-electron chi connectivity index (χ2n) is 4.53. The van der Waals surface area contributed by atoms with E-state index in [-0.39, 0.29) is 5.91 Å². The van der Waals surface area contributed by atoms with Crippen LogP contribution in [0.1, 0.15) is 23.7 Å². The summed E-state index contributed by atoms with van der Waals surface area (Å²) in [5, 5.41) is 3.66. The van der Waals surface area contributed by atoms with E-state index in [2.05, 4.69) is 20.3 Å². The maximum absolute atomic E-state index is 12.1. The van der Waals surface area contributed by atoms with Crippen LogP contribution in [0.5, 0.6) is 0 Å². The van der Waals surface area contributed by atoms with Crippen molar-refractivity contribution in [1.82, 2.24) is 24.8 Å². The van der Waals surface area contributed by atoms with Gasteiger partial charge in [0.2, 0.25) is 0 Å². The van der Waals surface area contributed by atoms with Gasteiger partial charge in [0.1, 0.15) is 11.2 Å². The first-order valence-corrected chi connectivity index (χ1v) is 6.27. The number of hydrogen-bond acceptors (Lipinski definition) is 3. The van der Waals surface area contributed by atoms with Crippen LogP contribution in [0.15, 0.2) is 18.7 Å². The van der Waals surface area contributed by atoms with Gasteiger partial charge in [-0.25, -0.2) is 9.97 Å². The summed E-state index contributed by atoms with van der Waals surface area (Å²) in [6, 6.07) is 0. The Morgan fingerprint density at radius 3 is 3.11 bits per heavy atom. The Labute approximate surface area is 109 Å². The summed E-state index contributed by atoms with van der Waals surface area (Å²) in [6.07, 6.45) is 6.09. The molecule has 0 unspecified atom stereocenters. The zero-order chi connectivity index (χ0) is 13.4. The minimum atomic E-state index is -0.0898. The zero-order valence-electron chi connectivity index (χ0n) is 10.9. The minimum absolute atomic E-state index is 0.0898. The average Bonchev–Trinajstić information content (AvgIpc) is 2.99. The highest BCUT2D eigenvalue weighted by Gasteiger charge is 2.16. The molecule has 0 bridgehead atoms. The predicted octanol–water partition coefficient (Wildman–Crippen LogP) is 1.59. The molecular formula is C13H15N5O. The first-order chi connectivity index (χ1) is 9.22. The standard InChI is InChI=1S/C13H15N5O/c1-3-4-14-13(19)8-5-15-12-10(8)11-9(6-16-12)18(2)7-17-11/h5-7H,3-4H2,1-2H3,(H,14,19)(H,15,16). The van der Waals surface area contributed by atoms with Crippen LogP contribution in [-0.4, -0.2) is 32.0 Å². The Bertz CT molecular complexity index is 755. The van der Waals surface area contributed by atoms with Gasteiger partial charge in [0.25, 0.3) is 5.91 Å². The van der Waals surface area contributed by atoms with E-state index in [1.165, 1.54) is 0 Å². The van der Waals surface area contributed by atoms with Crippen LogP contribution in [0.3, 0.4) is 0 Å². The number of aromatic amines is 1. The van der Waals surface area contributed by atoms with E-state index in [1.54, 1.807) is 18.7 Å². The molecule has 0 fully saturated rings. The summed E-state index contributed by atoms with van der Waals surface area (Å²) >= 11 is 0. The van der Waals surface area contributed by atoms with Crippen LogP contribution in [0.4, 0.5) is 0 Å². The van der Waals surface area contributed by atoms with E-state index in [0.29, 0.717) is 17.8 Å². The van der Waals surface area contributed by atoms with Crippen molar-refractivity contribution in [2.75, 3.05) is 6.54 Å². The SMILES string of the molecule is CCCNC(=O)c1c[nH]c2ncc3c(ncn3C)c12. The van der Waals surface area contributed by atoms with E-state index >= 15 is 0 Å². The van der Waals surface area contributed by atoms with Gasteiger partial charge in [-0.2, -0.15) is 0 Å². The van der Waals surface area contributed by atoms with Gasteiger partial charge in [-0.3, -0.25) is 4.79 Å². The van der Waals surface area contributed by atoms with Crippen LogP contribution >= 0.6 is 0 Å². The number of carbonyl (C=O) groups excluding carboxylic acids is 1. The van der Waals surface area contributed by atoms with Crippen molar-refractivity contribution in [1.29, 1.82) is 0 Å². The lowest BCUT2D eigenvalue weighted by Crippen LogP contribution is -2.23. The number of aromatic nitrogens is 4. The Morgan fingerprint density at radius 1 is 1.47 bits per heavy atom. The largest absolute Gasteiger partial charge is 0.352 e. The Morgan fingerprint density at radius 2 is 2.32 bits per heavy atom. The smallest absolute Gasteiger partial charge is 0.253 e. The quantitative estimate of drug-likeness (QED) is 0.748. The van der Waals surface area contributed by atoms with Crippen molar-refractivity contribution in [2.45, 2.75) is 13.3 Å². The fourth-order valence-electron chi connectivity index (χ4n) is 2.18. The molecule has 3 heterocycles.